The van der Waals surface area contributed by atoms with Crippen molar-refractivity contribution in [2.45, 2.75) is 0 Å². The van der Waals surface area contributed by atoms with Gasteiger partial charge in [0.15, 0.2) is 0 Å². The first kappa shape index (κ1) is 21.4. The van der Waals surface area contributed by atoms with Gasteiger partial charge in [0, 0.05) is 24.8 Å². The first-order chi connectivity index (χ1) is 13.3. The van der Waals surface area contributed by atoms with Gasteiger partial charge in [0.2, 0.25) is 0 Å². The van der Waals surface area contributed by atoms with Gasteiger partial charge in [-0.05, 0) is 48.5 Å². The third-order valence-corrected chi connectivity index (χ3v) is 3.18. The third-order valence-electron chi connectivity index (χ3n) is 3.18. The molecule has 0 unspecified atom stereocenters. The summed E-state index contributed by atoms with van der Waals surface area (Å²) in [6.07, 6.45) is 7.07. The Morgan fingerprint density at radius 2 is 0.667 bits per heavy atom. The molecule has 0 bridgehead atoms. The van der Waals surface area contributed by atoms with Crippen LogP contribution >= 0.6 is 28.5 Å². The molecule has 0 saturated heterocycles. The molecule has 0 atom stereocenters. The predicted molar refractivity (Wildman–Crippen MR) is 113 cm³/mol. The Morgan fingerprint density at radius 3 is 0.815 bits per heavy atom. The van der Waals surface area contributed by atoms with E-state index in [4.69, 9.17) is 0 Å². The molecule has 4 rings (SSSR count). The number of pyridine rings is 4. The molecular formula is C20H16Br2N4Ni. The Hall–Kier alpha value is -1.95. The quantitative estimate of drug-likeness (QED) is 0.299. The molecular weight excluding hydrogens is 515 g/mol. The molecule has 7 heteroatoms. The summed E-state index contributed by atoms with van der Waals surface area (Å²) in [6, 6.07) is 23.2. The first-order valence-electron chi connectivity index (χ1n) is 7.82. The van der Waals surface area contributed by atoms with Crippen molar-refractivity contribution in [2.75, 3.05) is 0 Å². The normalized spacial score (nSPS) is 9.41. The maximum Gasteiger partial charge on any atom is 0.0886 e. The average Bonchev–Trinajstić information content (AvgIpc) is 2.77. The minimum atomic E-state index is 0.915. The van der Waals surface area contributed by atoms with Gasteiger partial charge in [-0.3, -0.25) is 19.9 Å². The van der Waals surface area contributed by atoms with E-state index in [1.165, 1.54) is 10.9 Å². The second-order valence-electron chi connectivity index (χ2n) is 4.91. The first-order valence-corrected chi connectivity index (χ1v) is 12.7. The van der Waals surface area contributed by atoms with Crippen LogP contribution in [0.2, 0.25) is 0 Å². The van der Waals surface area contributed by atoms with Crippen LogP contribution < -0.4 is 0 Å². The van der Waals surface area contributed by atoms with Crippen LogP contribution in [-0.2, 0) is 10.9 Å². The van der Waals surface area contributed by atoms with Crippen LogP contribution in [0.25, 0.3) is 22.8 Å². The Kier molecular flexibility index (Phi) is 10.5. The molecule has 0 aliphatic carbocycles. The zero-order valence-electron chi connectivity index (χ0n) is 14.1. The van der Waals surface area contributed by atoms with Gasteiger partial charge in [-0.25, -0.2) is 0 Å². The smallest absolute Gasteiger partial charge is 0.0886 e. The zero-order chi connectivity index (χ0) is 19.2. The van der Waals surface area contributed by atoms with Crippen molar-refractivity contribution in [1.82, 2.24) is 19.9 Å². The van der Waals surface area contributed by atoms with Crippen LogP contribution in [0.3, 0.4) is 0 Å². The van der Waals surface area contributed by atoms with E-state index in [9.17, 15) is 0 Å². The summed E-state index contributed by atoms with van der Waals surface area (Å²) in [7, 11) is 1.25. The second kappa shape index (κ2) is 13.3. The minimum absolute atomic E-state index is 0.915. The van der Waals surface area contributed by atoms with Gasteiger partial charge in [-0.15, -0.1) is 0 Å². The van der Waals surface area contributed by atoms with E-state index in [-0.39, 0.29) is 0 Å². The van der Waals surface area contributed by atoms with Gasteiger partial charge >= 0.3 is 39.3 Å². The van der Waals surface area contributed by atoms with Crippen LogP contribution in [0.1, 0.15) is 0 Å². The van der Waals surface area contributed by atoms with Crippen molar-refractivity contribution in [3.05, 3.63) is 97.6 Å². The summed E-state index contributed by atoms with van der Waals surface area (Å²) in [5, 5.41) is 0. The monoisotopic (exact) mass is 528 g/mol. The number of halogens is 2. The molecule has 0 N–H and O–H groups in total. The van der Waals surface area contributed by atoms with Crippen LogP contribution in [0.15, 0.2) is 97.6 Å². The summed E-state index contributed by atoms with van der Waals surface area (Å²) in [6.45, 7) is 0. The van der Waals surface area contributed by atoms with Crippen molar-refractivity contribution in [1.29, 1.82) is 0 Å². The Balaban J connectivity index is 0.000000170. The molecule has 4 nitrogen and oxygen atoms in total. The molecule has 0 spiro atoms. The second-order valence-corrected chi connectivity index (χ2v) is 9.89. The van der Waals surface area contributed by atoms with E-state index in [1.807, 2.05) is 72.8 Å². The predicted octanol–water partition coefficient (Wildman–Crippen LogP) is 5.98. The van der Waals surface area contributed by atoms with E-state index in [0.717, 1.165) is 22.8 Å². The fraction of sp³-hybridized carbons (Fsp3) is 0. The number of nitrogens with zero attached hydrogens (tertiary/aromatic N) is 4. The Bertz CT molecular complexity index is 717. The number of hydrogen-bond acceptors (Lipinski definition) is 4. The summed E-state index contributed by atoms with van der Waals surface area (Å²) in [4.78, 5) is 16.7. The molecule has 0 amide bonds. The van der Waals surface area contributed by atoms with Crippen molar-refractivity contribution >= 4 is 28.5 Å². The summed E-state index contributed by atoms with van der Waals surface area (Å²) in [5.74, 6) is 0. The van der Waals surface area contributed by atoms with E-state index in [0.29, 0.717) is 0 Å². The Morgan fingerprint density at radius 1 is 0.444 bits per heavy atom. The standard InChI is InChI=1S/2C10H8N2.2BrH.Ni/c2*1-3-7-11-9(5-1)10-6-2-4-8-12-10;;;/h2*1-8H;2*1H;/q;;;;+2/p-2. The average molecular weight is 531 g/mol. The van der Waals surface area contributed by atoms with Crippen LogP contribution in [0, 0.1) is 0 Å². The van der Waals surface area contributed by atoms with Crippen molar-refractivity contribution in [2.24, 2.45) is 0 Å². The van der Waals surface area contributed by atoms with Gasteiger partial charge in [-0.2, -0.15) is 0 Å². The number of rotatable bonds is 2. The maximum atomic E-state index is 4.19. The summed E-state index contributed by atoms with van der Waals surface area (Å²) in [5.41, 5.74) is 3.66. The largest absolute Gasteiger partial charge is 0.255 e. The van der Waals surface area contributed by atoms with E-state index < -0.39 is 0 Å². The van der Waals surface area contributed by atoms with Crippen LogP contribution in [0.5, 0.6) is 0 Å². The molecule has 27 heavy (non-hydrogen) atoms. The van der Waals surface area contributed by atoms with Crippen LogP contribution in [-0.4, -0.2) is 19.9 Å². The molecule has 0 aliphatic rings. The SMILES string of the molecule is [Br][Ni][Br].c1ccc(-c2ccccn2)nc1.c1ccc(-c2ccccn2)nc1. The van der Waals surface area contributed by atoms with E-state index in [2.05, 4.69) is 48.4 Å². The molecule has 0 radical (unpaired) electrons. The topological polar surface area (TPSA) is 51.6 Å². The van der Waals surface area contributed by atoms with E-state index >= 15 is 0 Å². The molecule has 0 aliphatic heterocycles. The summed E-state index contributed by atoms with van der Waals surface area (Å²) < 4.78 is 0. The molecule has 0 saturated carbocycles. The number of aromatic nitrogens is 4. The van der Waals surface area contributed by atoms with Gasteiger partial charge in [0.25, 0.3) is 0 Å². The van der Waals surface area contributed by atoms with Crippen LogP contribution in [0.4, 0.5) is 0 Å². The third kappa shape index (κ3) is 8.08. The molecule has 0 aromatic carbocycles. The molecule has 4 aromatic rings. The van der Waals surface area contributed by atoms with Crippen molar-refractivity contribution < 1.29 is 10.9 Å². The molecule has 4 aromatic heterocycles. The molecule has 140 valence electrons. The van der Waals surface area contributed by atoms with Gasteiger partial charge in [-0.1, -0.05) is 24.3 Å². The van der Waals surface area contributed by atoms with Crippen molar-refractivity contribution in [3.8, 4) is 22.8 Å². The fourth-order valence-electron chi connectivity index (χ4n) is 2.06. The van der Waals surface area contributed by atoms with E-state index in [1.54, 1.807) is 24.8 Å². The zero-order valence-corrected chi connectivity index (χ0v) is 18.3. The van der Waals surface area contributed by atoms with Gasteiger partial charge in [0.05, 0.1) is 22.8 Å². The minimum Gasteiger partial charge on any atom is -0.255 e. The molecule has 4 heterocycles. The summed E-state index contributed by atoms with van der Waals surface area (Å²) >= 11 is 6.00. The maximum absolute atomic E-state index is 4.19. The van der Waals surface area contributed by atoms with Gasteiger partial charge < -0.3 is 0 Å². The number of hydrogen-bond donors (Lipinski definition) is 0. The van der Waals surface area contributed by atoms with Crippen molar-refractivity contribution in [3.63, 3.8) is 0 Å². The molecule has 0 fully saturated rings. The fourth-order valence-corrected chi connectivity index (χ4v) is 2.06. The van der Waals surface area contributed by atoms with Gasteiger partial charge in [0.1, 0.15) is 0 Å². The Labute approximate surface area is 178 Å².